The molecule has 1 unspecified atom stereocenters. The van der Waals surface area contributed by atoms with Crippen LogP contribution in [0, 0.1) is 0 Å². The van der Waals surface area contributed by atoms with Gasteiger partial charge in [-0.15, -0.1) is 0 Å². The van der Waals surface area contributed by atoms with Gasteiger partial charge in [-0.2, -0.15) is 0 Å². The number of aliphatic hydroxyl groups is 1. The molecule has 1 atom stereocenters. The van der Waals surface area contributed by atoms with Gasteiger partial charge in [-0.3, -0.25) is 0 Å². The molecule has 0 rings (SSSR count). The molecule has 0 spiro atoms. The number of unbranched alkanes of at least 4 members (excludes halogenated alkanes) is 12. The zero-order valence-corrected chi connectivity index (χ0v) is 19.5. The van der Waals surface area contributed by atoms with Crippen molar-refractivity contribution in [3.8, 4) is 0 Å². The fraction of sp³-hybridized carbons (Fsp3) is 1.00. The smallest absolute Gasteiger partial charge is 0.748 e. The number of aliphatic hydroxyl groups excluding tert-OH is 1. The van der Waals surface area contributed by atoms with Crippen LogP contribution in [-0.2, 0) is 10.1 Å². The molecule has 0 aliphatic rings. The Morgan fingerprint density at radius 2 is 1.08 bits per heavy atom. The number of hydrogen-bond donors (Lipinski definition) is 1. The third kappa shape index (κ3) is 24.9. The molecule has 0 aromatic rings. The molecule has 0 aromatic carbocycles. The zero-order chi connectivity index (χ0) is 18.1. The molecule has 25 heavy (non-hydrogen) atoms. The number of hydrogen-bond acceptors (Lipinski definition) is 4. The van der Waals surface area contributed by atoms with Gasteiger partial charge < -0.3 is 9.66 Å². The Kier molecular flexibility index (Phi) is 22.0. The average Bonchev–Trinajstić information content (AvgIpc) is 2.50. The van der Waals surface area contributed by atoms with E-state index in [0.29, 0.717) is 6.42 Å². The van der Waals surface area contributed by atoms with Crippen molar-refractivity contribution in [3.63, 3.8) is 0 Å². The normalized spacial score (nSPS) is 12.8. The molecule has 0 amide bonds. The van der Waals surface area contributed by atoms with Crippen LogP contribution in [-0.4, -0.2) is 29.9 Å². The van der Waals surface area contributed by atoms with Gasteiger partial charge >= 0.3 is 29.6 Å². The minimum atomic E-state index is -4.13. The zero-order valence-electron chi connectivity index (χ0n) is 16.7. The third-order valence-electron chi connectivity index (χ3n) is 4.57. The summed E-state index contributed by atoms with van der Waals surface area (Å²) in [7, 11) is -4.13. The predicted octanol–water partition coefficient (Wildman–Crippen LogP) is 2.16. The largest absolute Gasteiger partial charge is 1.00 e. The van der Waals surface area contributed by atoms with E-state index in [1.54, 1.807) is 0 Å². The molecule has 6 heteroatoms. The Bertz CT molecular complexity index is 360. The maximum Gasteiger partial charge on any atom is 1.00 e. The van der Waals surface area contributed by atoms with E-state index in [1.165, 1.54) is 70.6 Å². The van der Waals surface area contributed by atoms with Gasteiger partial charge in [-0.25, -0.2) is 8.42 Å². The van der Waals surface area contributed by atoms with Crippen molar-refractivity contribution in [1.82, 2.24) is 0 Å². The molecule has 146 valence electrons. The molecule has 0 radical (unpaired) electrons. The first kappa shape index (κ1) is 28.1. The van der Waals surface area contributed by atoms with Crippen LogP contribution in [0.15, 0.2) is 0 Å². The minimum Gasteiger partial charge on any atom is -0.748 e. The van der Waals surface area contributed by atoms with Crippen molar-refractivity contribution < 1.29 is 47.6 Å². The van der Waals surface area contributed by atoms with E-state index in [4.69, 9.17) is 0 Å². The molecule has 0 saturated carbocycles. The molecule has 0 aromatic heterocycles. The van der Waals surface area contributed by atoms with E-state index in [9.17, 15) is 18.1 Å². The SMILES string of the molecule is CCCCCCCCCCCCCCCC(O)CCCS(=O)(=O)[O-].[Na+]. The fourth-order valence-electron chi connectivity index (χ4n) is 3.04. The second-order valence-electron chi connectivity index (χ2n) is 7.09. The first-order valence-corrected chi connectivity index (χ1v) is 11.6. The topological polar surface area (TPSA) is 77.4 Å². The van der Waals surface area contributed by atoms with E-state index in [2.05, 4.69) is 6.92 Å². The summed E-state index contributed by atoms with van der Waals surface area (Å²) >= 11 is 0. The molecular formula is C19H39NaO4S. The first-order valence-electron chi connectivity index (χ1n) is 10.1. The Balaban J connectivity index is 0. The molecule has 1 N–H and O–H groups in total. The van der Waals surface area contributed by atoms with Crippen LogP contribution < -0.4 is 29.6 Å². The summed E-state index contributed by atoms with van der Waals surface area (Å²) in [5.41, 5.74) is 0. The summed E-state index contributed by atoms with van der Waals surface area (Å²) in [6.45, 7) is 2.25. The Morgan fingerprint density at radius 1 is 0.720 bits per heavy atom. The second-order valence-corrected chi connectivity index (χ2v) is 8.61. The summed E-state index contributed by atoms with van der Waals surface area (Å²) in [6.07, 6.45) is 17.9. The van der Waals surface area contributed by atoms with E-state index in [0.717, 1.165) is 19.3 Å². The van der Waals surface area contributed by atoms with E-state index < -0.39 is 16.2 Å². The average molecular weight is 387 g/mol. The molecule has 0 heterocycles. The van der Waals surface area contributed by atoms with Gasteiger partial charge in [0.2, 0.25) is 0 Å². The fourth-order valence-corrected chi connectivity index (χ4v) is 3.56. The molecule has 4 nitrogen and oxygen atoms in total. The summed E-state index contributed by atoms with van der Waals surface area (Å²) in [5.74, 6) is -0.358. The van der Waals surface area contributed by atoms with Crippen LogP contribution in [0.25, 0.3) is 0 Å². The molecule has 0 aliphatic carbocycles. The van der Waals surface area contributed by atoms with Crippen LogP contribution in [0.1, 0.15) is 110 Å². The van der Waals surface area contributed by atoms with Gasteiger partial charge in [0, 0.05) is 5.75 Å². The predicted molar refractivity (Wildman–Crippen MR) is 100 cm³/mol. The van der Waals surface area contributed by atoms with Crippen molar-refractivity contribution in [2.24, 2.45) is 0 Å². The van der Waals surface area contributed by atoms with Crippen LogP contribution in [0.5, 0.6) is 0 Å². The van der Waals surface area contributed by atoms with Gasteiger partial charge in [0.05, 0.1) is 16.2 Å². The molecule has 0 bridgehead atoms. The minimum absolute atomic E-state index is 0. The molecular weight excluding hydrogens is 347 g/mol. The maximum absolute atomic E-state index is 10.5. The third-order valence-corrected chi connectivity index (χ3v) is 5.36. The maximum atomic E-state index is 10.5. The standard InChI is InChI=1S/C19H40O4S.Na/c1-2-3-4-5-6-7-8-9-10-11-12-13-14-16-19(20)17-15-18-24(21,22)23;/h19-20H,2-18H2,1H3,(H,21,22,23);/q;+1/p-1. The Labute approximate surface area is 178 Å². The van der Waals surface area contributed by atoms with E-state index in [1.807, 2.05) is 0 Å². The summed E-state index contributed by atoms with van der Waals surface area (Å²) in [4.78, 5) is 0. The van der Waals surface area contributed by atoms with E-state index >= 15 is 0 Å². The van der Waals surface area contributed by atoms with Gasteiger partial charge in [-0.05, 0) is 19.3 Å². The molecule has 0 saturated heterocycles. The summed E-state index contributed by atoms with van der Waals surface area (Å²) in [5, 5.41) is 9.73. The second kappa shape index (κ2) is 19.6. The number of rotatable bonds is 18. The molecule has 0 aliphatic heterocycles. The Hall–Kier alpha value is 0.870. The van der Waals surface area contributed by atoms with Crippen molar-refractivity contribution in [3.05, 3.63) is 0 Å². The summed E-state index contributed by atoms with van der Waals surface area (Å²) < 4.78 is 31.4. The van der Waals surface area contributed by atoms with Crippen molar-refractivity contribution in [2.45, 2.75) is 116 Å². The quantitative estimate of drug-likeness (QED) is 0.222. The Morgan fingerprint density at radius 3 is 1.48 bits per heavy atom. The van der Waals surface area contributed by atoms with Crippen LogP contribution in [0.3, 0.4) is 0 Å². The van der Waals surface area contributed by atoms with Gasteiger partial charge in [-0.1, -0.05) is 90.4 Å². The first-order chi connectivity index (χ1) is 11.5. The summed E-state index contributed by atoms with van der Waals surface area (Å²) in [6, 6.07) is 0. The van der Waals surface area contributed by atoms with Gasteiger partial charge in [0.25, 0.3) is 0 Å². The van der Waals surface area contributed by atoms with Crippen LogP contribution in [0.4, 0.5) is 0 Å². The van der Waals surface area contributed by atoms with Gasteiger partial charge in [0.1, 0.15) is 0 Å². The van der Waals surface area contributed by atoms with E-state index in [-0.39, 0.29) is 41.7 Å². The van der Waals surface area contributed by atoms with Crippen molar-refractivity contribution in [2.75, 3.05) is 5.75 Å². The van der Waals surface area contributed by atoms with Crippen molar-refractivity contribution in [1.29, 1.82) is 0 Å². The monoisotopic (exact) mass is 386 g/mol. The van der Waals surface area contributed by atoms with Crippen molar-refractivity contribution >= 4 is 10.1 Å². The van der Waals surface area contributed by atoms with Crippen LogP contribution >= 0.6 is 0 Å². The molecule has 0 fully saturated rings. The van der Waals surface area contributed by atoms with Gasteiger partial charge in [0.15, 0.2) is 0 Å². The van der Waals surface area contributed by atoms with Crippen LogP contribution in [0.2, 0.25) is 0 Å².